The Labute approximate surface area is 91.1 Å². The molecular weight excluding hydrogens is 210 g/mol. The zero-order chi connectivity index (χ0) is 11.5. The van der Waals surface area contributed by atoms with Gasteiger partial charge >= 0.3 is 0 Å². The molecule has 0 aliphatic heterocycles. The Morgan fingerprint density at radius 2 is 2.38 bits per heavy atom. The zero-order valence-corrected chi connectivity index (χ0v) is 8.71. The fraction of sp³-hybridized carbons (Fsp3) is 0.333. The Bertz CT molecular complexity index is 522. The number of aromatic nitrogens is 4. The summed E-state index contributed by atoms with van der Waals surface area (Å²) in [5.74, 6) is 0.733. The van der Waals surface area contributed by atoms with E-state index in [9.17, 15) is 4.79 Å². The highest BCUT2D eigenvalue weighted by Gasteiger charge is 2.04. The highest BCUT2D eigenvalue weighted by Crippen LogP contribution is 2.02. The molecule has 0 aliphatic rings. The Morgan fingerprint density at radius 3 is 3.12 bits per heavy atom. The van der Waals surface area contributed by atoms with Crippen LogP contribution in [0.3, 0.4) is 0 Å². The summed E-state index contributed by atoms with van der Waals surface area (Å²) >= 11 is 0. The largest absolute Gasteiger partial charge is 0.289 e. The van der Waals surface area contributed by atoms with Crippen LogP contribution in [0.5, 0.6) is 0 Å². The minimum absolute atomic E-state index is 0.187. The number of carbonyl (C=O) groups is 1. The third-order valence-electron chi connectivity index (χ3n) is 2.10. The minimum atomic E-state index is -0.431. The molecule has 0 spiro atoms. The van der Waals surface area contributed by atoms with E-state index in [2.05, 4.69) is 15.1 Å². The Kier molecular flexibility index (Phi) is 2.78. The van der Waals surface area contributed by atoms with Crippen LogP contribution in [0.1, 0.15) is 17.9 Å². The van der Waals surface area contributed by atoms with E-state index < -0.39 is 5.91 Å². The van der Waals surface area contributed by atoms with Gasteiger partial charge < -0.3 is 0 Å². The molecule has 0 unspecified atom stereocenters. The lowest BCUT2D eigenvalue weighted by Crippen LogP contribution is -2.19. The number of aryl methyl sites for hydroxylation is 2. The molecule has 0 bridgehead atoms. The molecule has 0 fully saturated rings. The lowest BCUT2D eigenvalue weighted by molar-refractivity contribution is -0.129. The molecule has 16 heavy (non-hydrogen) atoms. The summed E-state index contributed by atoms with van der Waals surface area (Å²) in [7, 11) is 0. The predicted octanol–water partition coefficient (Wildman–Crippen LogP) is -0.129. The van der Waals surface area contributed by atoms with Crippen LogP contribution in [0, 0.1) is 6.92 Å². The summed E-state index contributed by atoms with van der Waals surface area (Å²) in [5.41, 5.74) is 2.32. The maximum Gasteiger partial charge on any atom is 0.252 e. The van der Waals surface area contributed by atoms with Gasteiger partial charge in [0.25, 0.3) is 5.78 Å². The number of rotatable bonds is 3. The van der Waals surface area contributed by atoms with Crippen LogP contribution in [0.4, 0.5) is 0 Å². The van der Waals surface area contributed by atoms with Crippen molar-refractivity contribution >= 4 is 11.7 Å². The van der Waals surface area contributed by atoms with Gasteiger partial charge in [-0.05, 0) is 19.4 Å². The van der Waals surface area contributed by atoms with E-state index in [0.717, 1.165) is 5.69 Å². The standard InChI is InChI=1S/C9H11N5O2/c1-6-10-9-11-7(2-3-8(15)13-16)4-5-14(9)12-6/h4-5,16H,2-3H2,1H3,(H,13,15). The number of fused-ring (bicyclic) bond motifs is 1. The molecule has 2 heterocycles. The van der Waals surface area contributed by atoms with Crippen molar-refractivity contribution < 1.29 is 10.0 Å². The van der Waals surface area contributed by atoms with E-state index in [-0.39, 0.29) is 6.42 Å². The predicted molar refractivity (Wildman–Crippen MR) is 53.8 cm³/mol. The van der Waals surface area contributed by atoms with Gasteiger partial charge in [-0.1, -0.05) is 0 Å². The van der Waals surface area contributed by atoms with Gasteiger partial charge in [-0.15, -0.1) is 0 Å². The van der Waals surface area contributed by atoms with Crippen molar-refractivity contribution in [2.24, 2.45) is 0 Å². The van der Waals surface area contributed by atoms with Crippen LogP contribution in [-0.2, 0) is 11.2 Å². The number of carbonyl (C=O) groups excluding carboxylic acids is 1. The third kappa shape index (κ3) is 2.14. The van der Waals surface area contributed by atoms with E-state index >= 15 is 0 Å². The number of hydroxylamine groups is 1. The average Bonchev–Trinajstić information content (AvgIpc) is 2.65. The lowest BCUT2D eigenvalue weighted by Gasteiger charge is -1.99. The first-order valence-electron chi connectivity index (χ1n) is 4.81. The van der Waals surface area contributed by atoms with Gasteiger partial charge in [0, 0.05) is 18.3 Å². The van der Waals surface area contributed by atoms with Crippen LogP contribution < -0.4 is 5.48 Å². The number of hydrogen-bond donors (Lipinski definition) is 2. The first-order valence-corrected chi connectivity index (χ1v) is 4.81. The first kappa shape index (κ1) is 10.5. The van der Waals surface area contributed by atoms with Crippen molar-refractivity contribution in [1.82, 2.24) is 25.1 Å². The van der Waals surface area contributed by atoms with Gasteiger partial charge in [-0.3, -0.25) is 10.0 Å². The Balaban J connectivity index is 2.16. The second kappa shape index (κ2) is 4.23. The van der Waals surface area contributed by atoms with Crippen molar-refractivity contribution in [2.75, 3.05) is 0 Å². The summed E-state index contributed by atoms with van der Waals surface area (Å²) in [6, 6.07) is 1.77. The molecule has 0 saturated carbocycles. The van der Waals surface area contributed by atoms with Gasteiger partial charge in [0.1, 0.15) is 5.82 Å². The van der Waals surface area contributed by atoms with E-state index in [1.54, 1.807) is 29.2 Å². The summed E-state index contributed by atoms with van der Waals surface area (Å²) < 4.78 is 1.57. The highest BCUT2D eigenvalue weighted by molar-refractivity contribution is 5.74. The summed E-state index contributed by atoms with van der Waals surface area (Å²) in [4.78, 5) is 19.2. The van der Waals surface area contributed by atoms with E-state index in [1.165, 1.54) is 0 Å². The van der Waals surface area contributed by atoms with Crippen molar-refractivity contribution in [1.29, 1.82) is 0 Å². The average molecular weight is 221 g/mol. The fourth-order valence-electron chi connectivity index (χ4n) is 1.35. The summed E-state index contributed by atoms with van der Waals surface area (Å²) in [6.07, 6.45) is 2.39. The quantitative estimate of drug-likeness (QED) is 0.556. The second-order valence-electron chi connectivity index (χ2n) is 3.36. The Hall–Kier alpha value is -2.02. The van der Waals surface area contributed by atoms with Crippen LogP contribution in [0.25, 0.3) is 5.78 Å². The molecule has 0 atom stereocenters. The van der Waals surface area contributed by atoms with Gasteiger partial charge in [0.15, 0.2) is 0 Å². The molecule has 84 valence electrons. The zero-order valence-electron chi connectivity index (χ0n) is 8.71. The van der Waals surface area contributed by atoms with E-state index in [0.29, 0.717) is 18.0 Å². The molecule has 0 radical (unpaired) electrons. The number of amides is 1. The molecule has 2 aromatic rings. The topological polar surface area (TPSA) is 92.4 Å². The SMILES string of the molecule is Cc1nc2nc(CCC(=O)NO)ccn2n1. The number of nitrogens with zero attached hydrogens (tertiary/aromatic N) is 4. The molecule has 1 amide bonds. The van der Waals surface area contributed by atoms with Crippen LogP contribution in [0.15, 0.2) is 12.3 Å². The van der Waals surface area contributed by atoms with Crippen LogP contribution in [-0.4, -0.2) is 30.7 Å². The first-order chi connectivity index (χ1) is 7.69. The van der Waals surface area contributed by atoms with Gasteiger partial charge in [0.2, 0.25) is 5.91 Å². The second-order valence-corrected chi connectivity index (χ2v) is 3.36. The molecule has 0 saturated heterocycles. The van der Waals surface area contributed by atoms with Gasteiger partial charge in [0.05, 0.1) is 0 Å². The van der Waals surface area contributed by atoms with Crippen LogP contribution in [0.2, 0.25) is 0 Å². The van der Waals surface area contributed by atoms with Crippen molar-refractivity contribution in [3.63, 3.8) is 0 Å². The van der Waals surface area contributed by atoms with E-state index in [1.807, 2.05) is 0 Å². The molecule has 0 aliphatic carbocycles. The minimum Gasteiger partial charge on any atom is -0.289 e. The molecule has 7 heteroatoms. The van der Waals surface area contributed by atoms with E-state index in [4.69, 9.17) is 5.21 Å². The highest BCUT2D eigenvalue weighted by atomic mass is 16.5. The number of hydrogen-bond acceptors (Lipinski definition) is 5. The van der Waals surface area contributed by atoms with Crippen molar-refractivity contribution in [3.8, 4) is 0 Å². The van der Waals surface area contributed by atoms with Gasteiger partial charge in [-0.25, -0.2) is 15.0 Å². The molecule has 2 aromatic heterocycles. The monoisotopic (exact) mass is 221 g/mol. The molecule has 2 N–H and O–H groups in total. The maximum absolute atomic E-state index is 10.8. The van der Waals surface area contributed by atoms with Crippen molar-refractivity contribution in [3.05, 3.63) is 23.8 Å². The molecule has 0 aromatic carbocycles. The van der Waals surface area contributed by atoms with Crippen molar-refractivity contribution in [2.45, 2.75) is 19.8 Å². The number of nitrogens with one attached hydrogen (secondary N) is 1. The maximum atomic E-state index is 10.8. The molecular formula is C9H11N5O2. The Morgan fingerprint density at radius 1 is 1.56 bits per heavy atom. The summed E-state index contributed by atoms with van der Waals surface area (Å²) in [5, 5.41) is 12.4. The fourth-order valence-corrected chi connectivity index (χ4v) is 1.35. The van der Waals surface area contributed by atoms with Crippen LogP contribution >= 0.6 is 0 Å². The smallest absolute Gasteiger partial charge is 0.252 e. The summed E-state index contributed by atoms with van der Waals surface area (Å²) in [6.45, 7) is 1.79. The van der Waals surface area contributed by atoms with Gasteiger partial charge in [-0.2, -0.15) is 10.1 Å². The molecule has 7 nitrogen and oxygen atoms in total. The normalized spacial score (nSPS) is 10.6. The third-order valence-corrected chi connectivity index (χ3v) is 2.10. The molecule has 2 rings (SSSR count). The lowest BCUT2D eigenvalue weighted by atomic mass is 10.2.